The van der Waals surface area contributed by atoms with Crippen LogP contribution in [0.1, 0.15) is 35.1 Å². The molecule has 1 aliphatic rings. The number of benzene rings is 1. The van der Waals surface area contributed by atoms with Crippen molar-refractivity contribution < 1.29 is 4.79 Å². The van der Waals surface area contributed by atoms with Gasteiger partial charge in [-0.2, -0.15) is 5.10 Å². The number of halogens is 2. The van der Waals surface area contributed by atoms with Crippen molar-refractivity contribution in [3.8, 4) is 5.69 Å². The first-order valence-corrected chi connectivity index (χ1v) is 9.38. The molecule has 7 nitrogen and oxygen atoms in total. The molecule has 9 heteroatoms. The summed E-state index contributed by atoms with van der Waals surface area (Å²) in [5.41, 5.74) is 2.12. The third kappa shape index (κ3) is 4.38. The molecule has 3 heterocycles. The van der Waals surface area contributed by atoms with Gasteiger partial charge in [0.15, 0.2) is 11.5 Å². The van der Waals surface area contributed by atoms with Crippen LogP contribution in [-0.2, 0) is 0 Å². The van der Waals surface area contributed by atoms with Crippen LogP contribution in [0.3, 0.4) is 0 Å². The highest BCUT2D eigenvalue weighted by Gasteiger charge is 2.18. The number of anilines is 1. The molecule has 1 amide bonds. The molecule has 0 aliphatic carbocycles. The molecule has 0 spiro atoms. The maximum absolute atomic E-state index is 12.5. The van der Waals surface area contributed by atoms with E-state index < -0.39 is 0 Å². The lowest BCUT2D eigenvalue weighted by molar-refractivity contribution is 0.102. The van der Waals surface area contributed by atoms with E-state index in [4.69, 9.17) is 11.6 Å². The second kappa shape index (κ2) is 8.77. The lowest BCUT2D eigenvalue weighted by Gasteiger charge is -2.22. The van der Waals surface area contributed by atoms with Gasteiger partial charge >= 0.3 is 0 Å². The predicted octanol–water partition coefficient (Wildman–Crippen LogP) is 3.63. The number of piperidine rings is 1. The van der Waals surface area contributed by atoms with Crippen molar-refractivity contribution in [2.75, 3.05) is 18.4 Å². The molecule has 28 heavy (non-hydrogen) atoms. The van der Waals surface area contributed by atoms with Gasteiger partial charge in [0.1, 0.15) is 0 Å². The summed E-state index contributed by atoms with van der Waals surface area (Å²) in [7, 11) is 0. The Labute approximate surface area is 174 Å². The van der Waals surface area contributed by atoms with Crippen LogP contribution in [0.2, 0.25) is 5.02 Å². The summed E-state index contributed by atoms with van der Waals surface area (Å²) in [5.74, 6) is 0.208. The minimum absolute atomic E-state index is 0. The largest absolute Gasteiger partial charge is 0.315 e. The number of carbonyl (C=O) groups is 1. The molecule has 1 fully saturated rings. The van der Waals surface area contributed by atoms with E-state index >= 15 is 0 Å². The Hall–Kier alpha value is -2.35. The molecular formula is C19H22Cl2N6O. The van der Waals surface area contributed by atoms with E-state index in [0.29, 0.717) is 22.6 Å². The molecule has 148 valence electrons. The van der Waals surface area contributed by atoms with Gasteiger partial charge in [-0.05, 0) is 50.6 Å². The highest BCUT2D eigenvalue weighted by Crippen LogP contribution is 2.19. The molecule has 0 radical (unpaired) electrons. The highest BCUT2D eigenvalue weighted by molar-refractivity contribution is 6.30. The van der Waals surface area contributed by atoms with Crippen molar-refractivity contribution in [1.29, 1.82) is 0 Å². The first kappa shape index (κ1) is 20.4. The topological polar surface area (TPSA) is 76.8 Å². The Morgan fingerprint density at radius 2 is 2.14 bits per heavy atom. The number of nitrogens with one attached hydrogen (secondary N) is 2. The summed E-state index contributed by atoms with van der Waals surface area (Å²) in [6.07, 6.45) is 4.05. The second-order valence-electron chi connectivity index (χ2n) is 6.70. The molecule has 1 aliphatic heterocycles. The Bertz CT molecular complexity index is 961. The molecular weight excluding hydrogens is 399 g/mol. The number of nitrogens with zero attached hydrogens (tertiary/aromatic N) is 4. The summed E-state index contributed by atoms with van der Waals surface area (Å²) in [4.78, 5) is 12.5. The van der Waals surface area contributed by atoms with Crippen LogP contribution in [0.4, 0.5) is 5.82 Å². The van der Waals surface area contributed by atoms with Crippen molar-refractivity contribution in [3.05, 3.63) is 59.0 Å². The molecule has 1 saturated heterocycles. The first-order chi connectivity index (χ1) is 13.1. The minimum atomic E-state index is -0.270. The van der Waals surface area contributed by atoms with Gasteiger partial charge in [-0.3, -0.25) is 9.48 Å². The number of hydrogen-bond acceptors (Lipinski definition) is 4. The van der Waals surface area contributed by atoms with E-state index in [2.05, 4.69) is 20.8 Å². The van der Waals surface area contributed by atoms with Gasteiger partial charge in [-0.1, -0.05) is 17.7 Å². The maximum atomic E-state index is 12.5. The predicted molar refractivity (Wildman–Crippen MR) is 112 cm³/mol. The second-order valence-corrected chi connectivity index (χ2v) is 7.13. The molecule has 0 bridgehead atoms. The third-order valence-electron chi connectivity index (χ3n) is 4.67. The van der Waals surface area contributed by atoms with Crippen molar-refractivity contribution in [1.82, 2.24) is 24.9 Å². The van der Waals surface area contributed by atoms with Gasteiger partial charge in [0, 0.05) is 29.5 Å². The zero-order chi connectivity index (χ0) is 18.8. The van der Waals surface area contributed by atoms with Gasteiger partial charge in [0.05, 0.1) is 11.7 Å². The molecule has 2 aromatic heterocycles. The Balaban J connectivity index is 0.00000225. The van der Waals surface area contributed by atoms with E-state index in [0.717, 1.165) is 37.3 Å². The number of aromatic nitrogens is 4. The van der Waals surface area contributed by atoms with E-state index in [-0.39, 0.29) is 18.3 Å². The fourth-order valence-electron chi connectivity index (χ4n) is 3.31. The average Bonchev–Trinajstić information content (AvgIpc) is 3.29. The van der Waals surface area contributed by atoms with Gasteiger partial charge < -0.3 is 10.6 Å². The summed E-state index contributed by atoms with van der Waals surface area (Å²) >= 11 is 6.06. The summed E-state index contributed by atoms with van der Waals surface area (Å²) in [5, 5.41) is 15.7. The average molecular weight is 421 g/mol. The first-order valence-electron chi connectivity index (χ1n) is 9.00. The molecule has 3 aromatic rings. The smallest absolute Gasteiger partial charge is 0.277 e. The van der Waals surface area contributed by atoms with Crippen LogP contribution in [0, 0.1) is 6.92 Å². The fraction of sp³-hybridized carbons (Fsp3) is 0.316. The SMILES string of the molecule is Cc1cc(NC(=O)c2ccn(C3CCCNC3)n2)nn1-c1cccc(Cl)c1.Cl. The summed E-state index contributed by atoms with van der Waals surface area (Å²) in [6.45, 7) is 3.85. The normalized spacial score (nSPS) is 16.4. The van der Waals surface area contributed by atoms with Crippen LogP contribution in [0.5, 0.6) is 0 Å². The Morgan fingerprint density at radius 1 is 1.29 bits per heavy atom. The number of hydrogen-bond donors (Lipinski definition) is 2. The fourth-order valence-corrected chi connectivity index (χ4v) is 3.49. The standard InChI is InChI=1S/C19H21ClN6O.ClH/c1-13-10-18(24-26(13)15-5-2-4-14(20)11-15)22-19(27)17-7-9-25(23-17)16-6-3-8-21-12-16;/h2,4-5,7,9-11,16,21H,3,6,8,12H2,1H3,(H,22,24,27);1H. The lowest BCUT2D eigenvalue weighted by Crippen LogP contribution is -2.32. The third-order valence-corrected chi connectivity index (χ3v) is 4.90. The van der Waals surface area contributed by atoms with Gasteiger partial charge in [-0.25, -0.2) is 4.68 Å². The van der Waals surface area contributed by atoms with Crippen LogP contribution in [0.25, 0.3) is 5.69 Å². The number of carbonyl (C=O) groups excluding carboxylic acids is 1. The van der Waals surface area contributed by atoms with Crippen LogP contribution < -0.4 is 10.6 Å². The number of aryl methyl sites for hydroxylation is 1. The lowest BCUT2D eigenvalue weighted by atomic mass is 10.1. The van der Waals surface area contributed by atoms with Crippen molar-refractivity contribution in [2.24, 2.45) is 0 Å². The molecule has 1 unspecified atom stereocenters. The molecule has 1 atom stereocenters. The minimum Gasteiger partial charge on any atom is -0.315 e. The summed E-state index contributed by atoms with van der Waals surface area (Å²) < 4.78 is 3.62. The van der Waals surface area contributed by atoms with Gasteiger partial charge in [0.25, 0.3) is 5.91 Å². The molecule has 4 rings (SSSR count). The van der Waals surface area contributed by atoms with Crippen molar-refractivity contribution in [3.63, 3.8) is 0 Å². The monoisotopic (exact) mass is 420 g/mol. The highest BCUT2D eigenvalue weighted by atomic mass is 35.5. The van der Waals surface area contributed by atoms with E-state index in [1.165, 1.54) is 0 Å². The maximum Gasteiger partial charge on any atom is 0.277 e. The summed E-state index contributed by atoms with van der Waals surface area (Å²) in [6, 6.07) is 11.3. The van der Waals surface area contributed by atoms with E-state index in [9.17, 15) is 4.79 Å². The number of rotatable bonds is 4. The van der Waals surface area contributed by atoms with E-state index in [1.807, 2.05) is 48.1 Å². The zero-order valence-corrected chi connectivity index (χ0v) is 17.0. The van der Waals surface area contributed by atoms with Gasteiger partial charge in [0.2, 0.25) is 0 Å². The quantitative estimate of drug-likeness (QED) is 0.675. The van der Waals surface area contributed by atoms with E-state index in [1.54, 1.807) is 10.7 Å². The van der Waals surface area contributed by atoms with Crippen molar-refractivity contribution >= 4 is 35.7 Å². The van der Waals surface area contributed by atoms with Crippen LogP contribution in [0.15, 0.2) is 42.6 Å². The van der Waals surface area contributed by atoms with Crippen LogP contribution in [-0.4, -0.2) is 38.6 Å². The van der Waals surface area contributed by atoms with Crippen LogP contribution >= 0.6 is 24.0 Å². The molecule has 1 aromatic carbocycles. The molecule has 2 N–H and O–H groups in total. The Kier molecular flexibility index (Phi) is 6.39. The number of amides is 1. The van der Waals surface area contributed by atoms with Gasteiger partial charge in [-0.15, -0.1) is 17.5 Å². The Morgan fingerprint density at radius 3 is 2.89 bits per heavy atom. The van der Waals surface area contributed by atoms with Crippen molar-refractivity contribution in [2.45, 2.75) is 25.8 Å². The zero-order valence-electron chi connectivity index (χ0n) is 15.4. The molecule has 0 saturated carbocycles.